The number of carbonyl (C=O) groups excluding carboxylic acids is 1. The molecule has 0 radical (unpaired) electrons. The van der Waals surface area contributed by atoms with Gasteiger partial charge in [0.05, 0.1) is 16.4 Å². The number of rotatable bonds is 5. The van der Waals surface area contributed by atoms with E-state index in [1.54, 1.807) is 0 Å². The summed E-state index contributed by atoms with van der Waals surface area (Å²) in [5, 5.41) is 30.9. The van der Waals surface area contributed by atoms with Crippen LogP contribution < -0.4 is 14.9 Å². The van der Waals surface area contributed by atoms with E-state index in [2.05, 4.69) is 4.72 Å². The van der Waals surface area contributed by atoms with Crippen LogP contribution in [0, 0.1) is 0 Å². The maximum Gasteiger partial charge on any atom is 0.335 e. The fourth-order valence-electron chi connectivity index (χ4n) is 1.80. The Hall–Kier alpha value is -2.78. The highest BCUT2D eigenvalue weighted by Gasteiger charge is 2.17. The van der Waals surface area contributed by atoms with E-state index in [-0.39, 0.29) is 10.7 Å². The number of hydrogen-bond donors (Lipinski definition) is 2. The van der Waals surface area contributed by atoms with E-state index < -0.39 is 43.7 Å². The van der Waals surface area contributed by atoms with Crippen LogP contribution in [0.15, 0.2) is 41.3 Å². The van der Waals surface area contributed by atoms with Crippen LogP contribution in [0.5, 0.6) is 5.75 Å². The van der Waals surface area contributed by atoms with Gasteiger partial charge in [-0.3, -0.25) is 4.72 Å². The van der Waals surface area contributed by atoms with Crippen molar-refractivity contribution in [2.45, 2.75) is 4.90 Å². The Morgan fingerprint density at radius 2 is 1.75 bits per heavy atom. The van der Waals surface area contributed by atoms with Gasteiger partial charge in [0.2, 0.25) is 0 Å². The molecule has 0 bridgehead atoms. The van der Waals surface area contributed by atoms with E-state index in [1.165, 1.54) is 0 Å². The van der Waals surface area contributed by atoms with Crippen molar-refractivity contribution in [3.63, 3.8) is 0 Å². The molecular weight excluding hydrogens is 362 g/mol. The van der Waals surface area contributed by atoms with Crippen molar-refractivity contribution in [2.75, 3.05) is 4.72 Å². The van der Waals surface area contributed by atoms with Crippen LogP contribution in [0.4, 0.5) is 5.69 Å². The van der Waals surface area contributed by atoms with Crippen LogP contribution in [0.3, 0.4) is 0 Å². The number of benzene rings is 2. The highest BCUT2D eigenvalue weighted by molar-refractivity contribution is 7.92. The largest absolute Gasteiger partial charge is 0.872 e. The highest BCUT2D eigenvalue weighted by atomic mass is 35.5. The summed E-state index contributed by atoms with van der Waals surface area (Å²) in [5.41, 5.74) is -1.29. The van der Waals surface area contributed by atoms with Crippen LogP contribution in [-0.4, -0.2) is 25.5 Å². The zero-order valence-electron chi connectivity index (χ0n) is 11.6. The lowest BCUT2D eigenvalue weighted by Gasteiger charge is -2.14. The summed E-state index contributed by atoms with van der Waals surface area (Å²) >= 11 is 5.64. The molecule has 24 heavy (non-hydrogen) atoms. The monoisotopic (exact) mass is 369 g/mol. The highest BCUT2D eigenvalue weighted by Crippen LogP contribution is 2.24. The molecular formula is C14H8ClNO7S-2. The third-order valence-electron chi connectivity index (χ3n) is 2.93. The van der Waals surface area contributed by atoms with E-state index in [4.69, 9.17) is 16.7 Å². The predicted octanol–water partition coefficient (Wildman–Crippen LogP) is 0.276. The van der Waals surface area contributed by atoms with Crippen molar-refractivity contribution in [1.29, 1.82) is 0 Å². The first kappa shape index (κ1) is 17.6. The molecule has 0 fully saturated rings. The SMILES string of the molecule is O=C(O)c1cc(NS(=O)(=O)c2ccc(Cl)c(C(=O)[O-])c2)ccc1[O-]. The number of carbonyl (C=O) groups is 2. The van der Waals surface area contributed by atoms with Gasteiger partial charge in [-0.25, -0.2) is 13.2 Å². The molecule has 0 saturated heterocycles. The number of hydrogen-bond acceptors (Lipinski definition) is 6. The zero-order valence-corrected chi connectivity index (χ0v) is 13.2. The van der Waals surface area contributed by atoms with Gasteiger partial charge in [-0.05, 0) is 30.3 Å². The number of halogens is 1. The third-order valence-corrected chi connectivity index (χ3v) is 4.64. The van der Waals surface area contributed by atoms with Crippen molar-refractivity contribution in [3.8, 4) is 5.75 Å². The summed E-state index contributed by atoms with van der Waals surface area (Å²) in [6.45, 7) is 0. The molecule has 0 amide bonds. The van der Waals surface area contributed by atoms with Gasteiger partial charge >= 0.3 is 5.97 Å². The topological polar surface area (TPSA) is 147 Å². The molecule has 0 saturated carbocycles. The molecule has 0 aromatic heterocycles. The van der Waals surface area contributed by atoms with E-state index in [0.29, 0.717) is 0 Å². The van der Waals surface area contributed by atoms with Gasteiger partial charge in [-0.15, -0.1) is 0 Å². The standard InChI is InChI=1S/C14H10ClNO7S/c15-11-3-2-8(6-9(11)13(18)19)24(22,23)16-7-1-4-12(17)10(5-7)14(20)21/h1-6,16-17H,(H,18,19)(H,20,21)/p-2. The Balaban J connectivity index is 2.42. The number of carboxylic acids is 2. The Kier molecular flexibility index (Phi) is 4.67. The molecule has 0 aliphatic heterocycles. The van der Waals surface area contributed by atoms with E-state index in [1.807, 2.05) is 0 Å². The van der Waals surface area contributed by atoms with Crippen molar-refractivity contribution in [3.05, 3.63) is 52.5 Å². The molecule has 126 valence electrons. The summed E-state index contributed by atoms with van der Waals surface area (Å²) in [6.07, 6.45) is 0. The van der Waals surface area contributed by atoms with E-state index in [9.17, 15) is 28.2 Å². The molecule has 0 aliphatic rings. The normalized spacial score (nSPS) is 11.0. The molecule has 2 rings (SSSR count). The lowest BCUT2D eigenvalue weighted by molar-refractivity contribution is -0.268. The fourth-order valence-corrected chi connectivity index (χ4v) is 3.07. The van der Waals surface area contributed by atoms with Crippen LogP contribution >= 0.6 is 11.6 Å². The van der Waals surface area contributed by atoms with Crippen LogP contribution in [0.1, 0.15) is 20.7 Å². The molecule has 2 aromatic carbocycles. The molecule has 2 aromatic rings. The summed E-state index contributed by atoms with van der Waals surface area (Å²) in [7, 11) is -4.24. The minimum atomic E-state index is -4.24. The maximum absolute atomic E-state index is 12.3. The zero-order chi connectivity index (χ0) is 18.1. The van der Waals surface area contributed by atoms with Gasteiger partial charge in [0.25, 0.3) is 10.0 Å². The number of carboxylic acid groups (broad SMARTS) is 2. The molecule has 2 N–H and O–H groups in total. The molecule has 0 spiro atoms. The fraction of sp³-hybridized carbons (Fsp3) is 0. The van der Waals surface area contributed by atoms with Gasteiger partial charge in [0.15, 0.2) is 0 Å². The maximum atomic E-state index is 12.3. The summed E-state index contributed by atoms with van der Waals surface area (Å²) < 4.78 is 26.6. The third kappa shape index (κ3) is 3.58. The Morgan fingerprint density at radius 1 is 1.08 bits per heavy atom. The van der Waals surface area contributed by atoms with Crippen LogP contribution in [0.2, 0.25) is 5.02 Å². The number of nitrogens with one attached hydrogen (secondary N) is 1. The summed E-state index contributed by atoms with van der Waals surface area (Å²) in [4.78, 5) is 21.4. The minimum Gasteiger partial charge on any atom is -0.872 e. The van der Waals surface area contributed by atoms with E-state index >= 15 is 0 Å². The van der Waals surface area contributed by atoms with Crippen molar-refractivity contribution < 1.29 is 33.3 Å². The van der Waals surface area contributed by atoms with Gasteiger partial charge < -0.3 is 20.1 Å². The Morgan fingerprint density at radius 3 is 2.33 bits per heavy atom. The summed E-state index contributed by atoms with van der Waals surface area (Å²) in [5.74, 6) is -3.94. The predicted molar refractivity (Wildman–Crippen MR) is 79.4 cm³/mol. The summed E-state index contributed by atoms with van der Waals surface area (Å²) in [6, 6.07) is 5.79. The average Bonchev–Trinajstić information content (AvgIpc) is 2.48. The lowest BCUT2D eigenvalue weighted by Crippen LogP contribution is -2.23. The first-order valence-corrected chi connectivity index (χ1v) is 8.06. The molecule has 0 atom stereocenters. The lowest BCUT2D eigenvalue weighted by atomic mass is 10.2. The van der Waals surface area contributed by atoms with Crippen LogP contribution in [-0.2, 0) is 10.0 Å². The quantitative estimate of drug-likeness (QED) is 0.769. The second kappa shape index (κ2) is 6.38. The van der Waals surface area contributed by atoms with Crippen molar-refractivity contribution >= 4 is 39.3 Å². The molecule has 0 heterocycles. The minimum absolute atomic E-state index is 0.169. The number of aromatic carboxylic acids is 2. The molecule has 10 heteroatoms. The Labute approximate surface area is 141 Å². The molecule has 0 unspecified atom stereocenters. The molecule has 0 aliphatic carbocycles. The van der Waals surface area contributed by atoms with Gasteiger partial charge in [-0.1, -0.05) is 23.4 Å². The van der Waals surface area contributed by atoms with Crippen molar-refractivity contribution in [1.82, 2.24) is 0 Å². The smallest absolute Gasteiger partial charge is 0.335 e. The number of sulfonamides is 1. The van der Waals surface area contributed by atoms with Crippen LogP contribution in [0.25, 0.3) is 0 Å². The average molecular weight is 370 g/mol. The van der Waals surface area contributed by atoms with Gasteiger partial charge in [0, 0.05) is 16.3 Å². The van der Waals surface area contributed by atoms with Crippen molar-refractivity contribution in [2.24, 2.45) is 0 Å². The second-order valence-corrected chi connectivity index (χ2v) is 6.64. The number of anilines is 1. The second-order valence-electron chi connectivity index (χ2n) is 4.55. The first-order chi connectivity index (χ1) is 11.1. The molecule has 8 nitrogen and oxygen atoms in total. The van der Waals surface area contributed by atoms with Gasteiger partial charge in [0.1, 0.15) is 0 Å². The van der Waals surface area contributed by atoms with Gasteiger partial charge in [-0.2, -0.15) is 0 Å². The Bertz CT molecular complexity index is 940. The first-order valence-electron chi connectivity index (χ1n) is 6.20. The van der Waals surface area contributed by atoms with E-state index in [0.717, 1.165) is 36.4 Å².